The third-order valence-electron chi connectivity index (χ3n) is 5.01. The summed E-state index contributed by atoms with van der Waals surface area (Å²) in [6, 6.07) is 6.47. The molecule has 0 radical (unpaired) electrons. The van der Waals surface area contributed by atoms with Gasteiger partial charge in [0.25, 0.3) is 5.91 Å². The number of piperidine rings is 1. The number of rotatable bonds is 6. The molecule has 0 aliphatic carbocycles. The number of nitrogens with zero attached hydrogens (tertiary/aromatic N) is 4. The molecule has 1 saturated heterocycles. The summed E-state index contributed by atoms with van der Waals surface area (Å²) in [5.74, 6) is 0.671. The zero-order valence-corrected chi connectivity index (χ0v) is 15.5. The molecule has 1 aliphatic rings. The maximum atomic E-state index is 12.3. The molecule has 0 saturated carbocycles. The van der Waals surface area contributed by atoms with Crippen molar-refractivity contribution in [1.82, 2.24) is 35.6 Å². The van der Waals surface area contributed by atoms with Crippen LogP contribution in [0.25, 0.3) is 11.0 Å². The van der Waals surface area contributed by atoms with Gasteiger partial charge in [0.15, 0.2) is 5.69 Å². The van der Waals surface area contributed by atoms with Crippen LogP contribution in [0.15, 0.2) is 24.4 Å². The highest BCUT2D eigenvalue weighted by Crippen LogP contribution is 2.14. The van der Waals surface area contributed by atoms with Gasteiger partial charge >= 0.3 is 0 Å². The Bertz CT molecular complexity index is 923. The molecule has 3 heterocycles. The van der Waals surface area contributed by atoms with Crippen molar-refractivity contribution in [2.24, 2.45) is 0 Å². The number of carbonyl (C=O) groups is 1. The lowest BCUT2D eigenvalue weighted by Gasteiger charge is -2.23. The Morgan fingerprint density at radius 1 is 1.37 bits per heavy atom. The number of aromatic nitrogens is 5. The Morgan fingerprint density at radius 2 is 2.30 bits per heavy atom. The van der Waals surface area contributed by atoms with Gasteiger partial charge in [-0.15, -0.1) is 5.10 Å². The first-order chi connectivity index (χ1) is 13.2. The maximum Gasteiger partial charge on any atom is 0.273 e. The fourth-order valence-corrected chi connectivity index (χ4v) is 3.54. The van der Waals surface area contributed by atoms with Gasteiger partial charge in [0.05, 0.1) is 17.2 Å². The van der Waals surface area contributed by atoms with Crippen LogP contribution in [0.5, 0.6) is 0 Å². The number of amides is 1. The standard InChI is InChI=1S/C19H25N7O/c1-13-22-16-6-5-14(10-17(16)23-13)11-21-19(27)18-12-26(25-24-18)9-7-15-4-2-3-8-20-15/h5-6,10,12,15,20H,2-4,7-9,11H2,1H3,(H,21,27)(H,22,23). The van der Waals surface area contributed by atoms with Gasteiger partial charge in [-0.3, -0.25) is 9.48 Å². The molecule has 4 rings (SSSR count). The minimum atomic E-state index is -0.210. The summed E-state index contributed by atoms with van der Waals surface area (Å²) in [5, 5.41) is 14.5. The van der Waals surface area contributed by atoms with Gasteiger partial charge < -0.3 is 15.6 Å². The molecular formula is C19H25N7O. The molecule has 142 valence electrons. The van der Waals surface area contributed by atoms with Gasteiger partial charge in [-0.2, -0.15) is 0 Å². The van der Waals surface area contributed by atoms with Crippen LogP contribution in [0.2, 0.25) is 0 Å². The lowest BCUT2D eigenvalue weighted by atomic mass is 10.0. The van der Waals surface area contributed by atoms with Gasteiger partial charge in [-0.1, -0.05) is 17.7 Å². The van der Waals surface area contributed by atoms with E-state index in [0.29, 0.717) is 18.3 Å². The fraction of sp³-hybridized carbons (Fsp3) is 0.474. The van der Waals surface area contributed by atoms with Crippen LogP contribution in [-0.4, -0.2) is 43.5 Å². The Labute approximate surface area is 157 Å². The van der Waals surface area contributed by atoms with E-state index in [1.54, 1.807) is 10.9 Å². The van der Waals surface area contributed by atoms with Crippen LogP contribution >= 0.6 is 0 Å². The largest absolute Gasteiger partial charge is 0.347 e. The Morgan fingerprint density at radius 3 is 3.15 bits per heavy atom. The van der Waals surface area contributed by atoms with Crippen molar-refractivity contribution in [3.8, 4) is 0 Å². The smallest absolute Gasteiger partial charge is 0.273 e. The predicted molar refractivity (Wildman–Crippen MR) is 102 cm³/mol. The van der Waals surface area contributed by atoms with E-state index >= 15 is 0 Å². The van der Waals surface area contributed by atoms with E-state index in [2.05, 4.69) is 30.9 Å². The summed E-state index contributed by atoms with van der Waals surface area (Å²) in [6.45, 7) is 4.23. The van der Waals surface area contributed by atoms with Gasteiger partial charge in [-0.05, 0) is 50.4 Å². The number of benzene rings is 1. The van der Waals surface area contributed by atoms with Crippen molar-refractivity contribution >= 4 is 16.9 Å². The number of hydrogen-bond acceptors (Lipinski definition) is 5. The number of nitrogens with one attached hydrogen (secondary N) is 3. The van der Waals surface area contributed by atoms with Gasteiger partial charge in [0.2, 0.25) is 0 Å². The first-order valence-electron chi connectivity index (χ1n) is 9.54. The minimum Gasteiger partial charge on any atom is -0.347 e. The molecule has 0 spiro atoms. The molecule has 8 nitrogen and oxygen atoms in total. The molecule has 1 atom stereocenters. The van der Waals surface area contributed by atoms with Crippen molar-refractivity contribution < 1.29 is 4.79 Å². The lowest BCUT2D eigenvalue weighted by molar-refractivity contribution is 0.0946. The number of aryl methyl sites for hydroxylation is 2. The van der Waals surface area contributed by atoms with Crippen molar-refractivity contribution in [2.45, 2.75) is 51.7 Å². The zero-order chi connectivity index (χ0) is 18.6. The normalized spacial score (nSPS) is 17.3. The molecule has 27 heavy (non-hydrogen) atoms. The van der Waals surface area contributed by atoms with Gasteiger partial charge in [-0.25, -0.2) is 4.98 Å². The van der Waals surface area contributed by atoms with E-state index in [-0.39, 0.29) is 5.91 Å². The van der Waals surface area contributed by atoms with E-state index in [4.69, 9.17) is 0 Å². The first kappa shape index (κ1) is 17.7. The molecular weight excluding hydrogens is 342 g/mol. The Hall–Kier alpha value is -2.74. The van der Waals surface area contributed by atoms with Crippen LogP contribution in [0.3, 0.4) is 0 Å². The summed E-state index contributed by atoms with van der Waals surface area (Å²) in [7, 11) is 0. The van der Waals surface area contributed by atoms with Crippen molar-refractivity contribution in [3.05, 3.63) is 41.5 Å². The lowest BCUT2D eigenvalue weighted by Crippen LogP contribution is -2.34. The summed E-state index contributed by atoms with van der Waals surface area (Å²) in [6.07, 6.45) is 6.49. The third-order valence-corrected chi connectivity index (χ3v) is 5.01. The fourth-order valence-electron chi connectivity index (χ4n) is 3.54. The first-order valence-corrected chi connectivity index (χ1v) is 9.54. The average molecular weight is 367 g/mol. The highest BCUT2D eigenvalue weighted by atomic mass is 16.2. The van der Waals surface area contributed by atoms with E-state index < -0.39 is 0 Å². The minimum absolute atomic E-state index is 0.210. The molecule has 3 aromatic rings. The molecule has 1 aromatic carbocycles. The summed E-state index contributed by atoms with van der Waals surface area (Å²) < 4.78 is 1.75. The van der Waals surface area contributed by atoms with E-state index in [0.717, 1.165) is 41.9 Å². The highest BCUT2D eigenvalue weighted by molar-refractivity contribution is 5.91. The van der Waals surface area contributed by atoms with Crippen LogP contribution in [0, 0.1) is 6.92 Å². The van der Waals surface area contributed by atoms with Gasteiger partial charge in [0, 0.05) is 19.1 Å². The number of imidazole rings is 1. The number of fused-ring (bicyclic) bond motifs is 1. The second-order valence-corrected chi connectivity index (χ2v) is 7.16. The second-order valence-electron chi connectivity index (χ2n) is 7.16. The summed E-state index contributed by atoms with van der Waals surface area (Å²) in [5.41, 5.74) is 3.26. The summed E-state index contributed by atoms with van der Waals surface area (Å²) in [4.78, 5) is 19.9. The van der Waals surface area contributed by atoms with Crippen molar-refractivity contribution in [1.29, 1.82) is 0 Å². The van der Waals surface area contributed by atoms with E-state index in [9.17, 15) is 4.79 Å². The van der Waals surface area contributed by atoms with Crippen LogP contribution < -0.4 is 10.6 Å². The van der Waals surface area contributed by atoms with Crippen LogP contribution in [0.1, 0.15) is 47.6 Å². The topological polar surface area (TPSA) is 101 Å². The number of aromatic amines is 1. The Kier molecular flexibility index (Phi) is 5.15. The number of carbonyl (C=O) groups excluding carboxylic acids is 1. The molecule has 1 unspecified atom stereocenters. The Balaban J connectivity index is 1.30. The van der Waals surface area contributed by atoms with Crippen LogP contribution in [-0.2, 0) is 13.1 Å². The molecule has 8 heteroatoms. The SMILES string of the molecule is Cc1nc2ccc(CNC(=O)c3cn(CCC4CCCCN4)nn3)cc2[nH]1. The monoisotopic (exact) mass is 367 g/mol. The molecule has 1 aliphatic heterocycles. The third kappa shape index (κ3) is 4.33. The number of H-pyrrole nitrogens is 1. The second kappa shape index (κ2) is 7.87. The average Bonchev–Trinajstić information content (AvgIpc) is 3.30. The van der Waals surface area contributed by atoms with Crippen molar-refractivity contribution in [2.75, 3.05) is 6.54 Å². The molecule has 2 aromatic heterocycles. The predicted octanol–water partition coefficient (Wildman–Crippen LogP) is 1.93. The molecule has 1 fully saturated rings. The van der Waals surface area contributed by atoms with Crippen molar-refractivity contribution in [3.63, 3.8) is 0 Å². The number of hydrogen-bond donors (Lipinski definition) is 3. The maximum absolute atomic E-state index is 12.3. The van der Waals surface area contributed by atoms with E-state index in [1.165, 1.54) is 19.3 Å². The molecule has 3 N–H and O–H groups in total. The molecule has 1 amide bonds. The summed E-state index contributed by atoms with van der Waals surface area (Å²) >= 11 is 0. The van der Waals surface area contributed by atoms with E-state index in [1.807, 2.05) is 25.1 Å². The molecule has 0 bridgehead atoms. The van der Waals surface area contributed by atoms with Crippen LogP contribution in [0.4, 0.5) is 0 Å². The zero-order valence-electron chi connectivity index (χ0n) is 15.5. The highest BCUT2D eigenvalue weighted by Gasteiger charge is 2.14. The van der Waals surface area contributed by atoms with Gasteiger partial charge in [0.1, 0.15) is 5.82 Å². The quantitative estimate of drug-likeness (QED) is 0.618.